The van der Waals surface area contributed by atoms with Gasteiger partial charge in [-0.3, -0.25) is 0 Å². The molecule has 0 spiro atoms. The van der Waals surface area contributed by atoms with Gasteiger partial charge in [0.2, 0.25) is 0 Å². The Morgan fingerprint density at radius 2 is 1.88 bits per heavy atom. The van der Waals surface area contributed by atoms with Crippen LogP contribution in [-0.2, 0) is 12.7 Å². The maximum absolute atomic E-state index is 14.0. The van der Waals surface area contributed by atoms with E-state index in [4.69, 9.17) is 0 Å². The van der Waals surface area contributed by atoms with Crippen molar-refractivity contribution in [2.75, 3.05) is 6.26 Å². The average Bonchev–Trinajstić information content (AvgIpc) is 2.94. The van der Waals surface area contributed by atoms with Gasteiger partial charge in [0.15, 0.2) is 5.82 Å². The average molecular weight is 394 g/mol. The molecule has 1 heterocycles. The highest BCUT2D eigenvalue weighted by atomic mass is 32.2. The molecule has 0 aliphatic heterocycles. The summed E-state index contributed by atoms with van der Waals surface area (Å²) in [5.74, 6) is -0.259. The van der Waals surface area contributed by atoms with Crippen molar-refractivity contribution >= 4 is 26.6 Å². The molecule has 0 fully saturated rings. The molecule has 0 saturated heterocycles. The van der Waals surface area contributed by atoms with E-state index >= 15 is 0 Å². The summed E-state index contributed by atoms with van der Waals surface area (Å²) in [6.45, 7) is 6.03. The Morgan fingerprint density at radius 3 is 2.38 bits per heavy atom. The number of imidazole rings is 1. The smallest absolute Gasteiger partial charge is 0.315 e. The van der Waals surface area contributed by atoms with Gasteiger partial charge >= 0.3 is 5.66 Å². The Kier molecular flexibility index (Phi) is 6.81. The first-order chi connectivity index (χ1) is 12.2. The lowest BCUT2D eigenvalue weighted by atomic mass is 10.0. The van der Waals surface area contributed by atoms with Gasteiger partial charge in [-0.2, -0.15) is 8.78 Å². The predicted molar refractivity (Wildman–Crippen MR) is 113 cm³/mol. The third kappa shape index (κ3) is 4.63. The number of aryl methyl sites for hydroxylation is 1. The van der Waals surface area contributed by atoms with Crippen LogP contribution in [-0.4, -0.2) is 15.8 Å². The van der Waals surface area contributed by atoms with Crippen molar-refractivity contribution in [3.63, 3.8) is 0 Å². The SMILES string of the molecule is CC/C(=C\C=C(/C)c1c(-c2ccc(C)cc2)nc(C(F)(F)P)n1C)SC. The Balaban J connectivity index is 2.66. The summed E-state index contributed by atoms with van der Waals surface area (Å²) in [6.07, 6.45) is 7.00. The van der Waals surface area contributed by atoms with Crippen LogP contribution in [0, 0.1) is 6.92 Å². The summed E-state index contributed by atoms with van der Waals surface area (Å²) >= 11 is 1.69. The van der Waals surface area contributed by atoms with Crippen molar-refractivity contribution in [1.29, 1.82) is 0 Å². The van der Waals surface area contributed by atoms with E-state index in [1.807, 2.05) is 56.5 Å². The molecule has 26 heavy (non-hydrogen) atoms. The normalized spacial score (nSPS) is 13.4. The molecule has 0 aliphatic rings. The fourth-order valence-corrected chi connectivity index (χ4v) is 3.54. The van der Waals surface area contributed by atoms with Crippen LogP contribution in [0.5, 0.6) is 0 Å². The second-order valence-corrected chi connectivity index (χ2v) is 7.88. The molecular formula is C20H25F2N2PS. The van der Waals surface area contributed by atoms with Gasteiger partial charge < -0.3 is 4.57 Å². The van der Waals surface area contributed by atoms with Crippen molar-refractivity contribution in [3.8, 4) is 11.3 Å². The number of alkyl halides is 2. The number of aromatic nitrogens is 2. The van der Waals surface area contributed by atoms with Crippen LogP contribution in [0.25, 0.3) is 16.8 Å². The molecular weight excluding hydrogens is 369 g/mol. The Labute approximate surface area is 161 Å². The van der Waals surface area contributed by atoms with Gasteiger partial charge in [0.25, 0.3) is 0 Å². The van der Waals surface area contributed by atoms with Crippen LogP contribution < -0.4 is 0 Å². The summed E-state index contributed by atoms with van der Waals surface area (Å²) in [4.78, 5) is 5.53. The van der Waals surface area contributed by atoms with E-state index in [-0.39, 0.29) is 5.82 Å². The van der Waals surface area contributed by atoms with Crippen LogP contribution in [0.15, 0.2) is 41.3 Å². The van der Waals surface area contributed by atoms with E-state index < -0.39 is 5.66 Å². The molecule has 2 rings (SSSR count). The van der Waals surface area contributed by atoms with Gasteiger partial charge in [0.05, 0.1) is 11.4 Å². The number of thioether (sulfide) groups is 1. The zero-order chi connectivity index (χ0) is 19.5. The number of rotatable bonds is 6. The van der Waals surface area contributed by atoms with Gasteiger partial charge in [-0.15, -0.1) is 11.8 Å². The minimum atomic E-state index is -3.09. The van der Waals surface area contributed by atoms with Crippen molar-refractivity contribution in [2.24, 2.45) is 7.05 Å². The summed E-state index contributed by atoms with van der Waals surface area (Å²) in [5, 5.41) is 0. The maximum atomic E-state index is 14.0. The lowest BCUT2D eigenvalue weighted by molar-refractivity contribution is 0.0898. The predicted octanol–water partition coefficient (Wildman–Crippen LogP) is 6.38. The lowest BCUT2D eigenvalue weighted by Crippen LogP contribution is -2.11. The molecule has 0 aliphatic carbocycles. The second kappa shape index (κ2) is 8.49. The zero-order valence-corrected chi connectivity index (χ0v) is 17.8. The summed E-state index contributed by atoms with van der Waals surface area (Å²) in [6, 6.07) is 7.78. The van der Waals surface area contributed by atoms with Crippen LogP contribution in [0.2, 0.25) is 0 Å². The number of hydrogen-bond acceptors (Lipinski definition) is 2. The molecule has 1 atom stereocenters. The molecule has 2 nitrogen and oxygen atoms in total. The molecule has 6 heteroatoms. The fraction of sp³-hybridized carbons (Fsp3) is 0.350. The number of allylic oxidation sites excluding steroid dienone is 4. The molecule has 0 amide bonds. The third-order valence-electron chi connectivity index (χ3n) is 4.22. The standard InChI is InChI=1S/C20H25F2N2PS/c1-6-16(26-5)12-9-14(3)18-17(15-10-7-13(2)8-11-15)23-19(24(18)4)20(21,22)25/h7-12H,6,25H2,1-5H3/b14-9+,16-12+. The highest BCUT2D eigenvalue weighted by molar-refractivity contribution is 8.02. The van der Waals surface area contributed by atoms with E-state index in [0.717, 1.165) is 23.1 Å². The lowest BCUT2D eigenvalue weighted by Gasteiger charge is -2.11. The summed E-state index contributed by atoms with van der Waals surface area (Å²) in [5.41, 5.74) is 1.05. The van der Waals surface area contributed by atoms with Gasteiger partial charge in [-0.05, 0) is 37.0 Å². The first-order valence-electron chi connectivity index (χ1n) is 8.41. The first kappa shape index (κ1) is 20.9. The van der Waals surface area contributed by atoms with Gasteiger partial charge in [0.1, 0.15) is 0 Å². The minimum Gasteiger partial charge on any atom is -0.326 e. The first-order valence-corrected chi connectivity index (χ1v) is 10.2. The largest absolute Gasteiger partial charge is 0.326 e. The van der Waals surface area contributed by atoms with Crippen LogP contribution in [0.3, 0.4) is 0 Å². The van der Waals surface area contributed by atoms with E-state index in [9.17, 15) is 8.78 Å². The van der Waals surface area contributed by atoms with Crippen LogP contribution in [0.1, 0.15) is 37.4 Å². The number of halogens is 2. The Hall–Kier alpha value is -1.45. The van der Waals surface area contributed by atoms with E-state index in [1.165, 1.54) is 9.47 Å². The topological polar surface area (TPSA) is 17.8 Å². The van der Waals surface area contributed by atoms with Crippen molar-refractivity contribution in [3.05, 3.63) is 58.4 Å². The van der Waals surface area contributed by atoms with Crippen molar-refractivity contribution < 1.29 is 8.78 Å². The Morgan fingerprint density at radius 1 is 1.27 bits per heavy atom. The van der Waals surface area contributed by atoms with Gasteiger partial charge in [-0.1, -0.05) is 58.1 Å². The molecule has 1 unspecified atom stereocenters. The van der Waals surface area contributed by atoms with Gasteiger partial charge in [-0.25, -0.2) is 4.98 Å². The molecule has 0 saturated carbocycles. The number of benzene rings is 1. The van der Waals surface area contributed by atoms with Crippen molar-refractivity contribution in [1.82, 2.24) is 9.55 Å². The second-order valence-electron chi connectivity index (χ2n) is 6.22. The molecule has 2 aromatic rings. The van der Waals surface area contributed by atoms with Gasteiger partial charge in [0, 0.05) is 12.6 Å². The highest BCUT2D eigenvalue weighted by Gasteiger charge is 2.33. The maximum Gasteiger partial charge on any atom is 0.315 e. The molecule has 0 bridgehead atoms. The third-order valence-corrected chi connectivity index (χ3v) is 5.43. The molecule has 0 radical (unpaired) electrons. The molecule has 0 N–H and O–H groups in total. The molecule has 140 valence electrons. The van der Waals surface area contributed by atoms with Crippen LogP contribution in [0.4, 0.5) is 8.78 Å². The molecule has 1 aromatic carbocycles. The monoisotopic (exact) mass is 394 g/mol. The van der Waals surface area contributed by atoms with E-state index in [1.54, 1.807) is 28.0 Å². The summed E-state index contributed by atoms with van der Waals surface area (Å²) < 4.78 is 29.5. The minimum absolute atomic E-state index is 0.259. The quantitative estimate of drug-likeness (QED) is 0.418. The van der Waals surface area contributed by atoms with Crippen LogP contribution >= 0.6 is 21.0 Å². The zero-order valence-electron chi connectivity index (χ0n) is 15.8. The number of nitrogens with zero attached hydrogens (tertiary/aromatic N) is 2. The Bertz CT molecular complexity index is 825. The highest BCUT2D eigenvalue weighted by Crippen LogP contribution is 2.39. The molecule has 1 aromatic heterocycles. The van der Waals surface area contributed by atoms with Crippen molar-refractivity contribution in [2.45, 2.75) is 32.9 Å². The van der Waals surface area contributed by atoms with E-state index in [0.29, 0.717) is 11.4 Å². The number of hydrogen-bond donors (Lipinski definition) is 0. The summed E-state index contributed by atoms with van der Waals surface area (Å²) in [7, 11) is 3.23. The fourth-order valence-electron chi connectivity index (χ4n) is 2.79. The van der Waals surface area contributed by atoms with E-state index in [2.05, 4.69) is 11.9 Å².